The number of pyridine rings is 1. The van der Waals surface area contributed by atoms with Gasteiger partial charge in [-0.2, -0.15) is 0 Å². The topological polar surface area (TPSA) is 56.7 Å². The zero-order valence-corrected chi connectivity index (χ0v) is 10.1. The first-order valence-corrected chi connectivity index (χ1v) is 5.94. The van der Waals surface area contributed by atoms with Crippen LogP contribution in [-0.2, 0) is 6.54 Å². The third-order valence-corrected chi connectivity index (χ3v) is 2.71. The summed E-state index contributed by atoms with van der Waals surface area (Å²) in [4.78, 5) is 8.66. The molecule has 4 nitrogen and oxygen atoms in total. The highest BCUT2D eigenvalue weighted by Gasteiger charge is 2.02. The Hall–Kier alpha value is -1.68. The van der Waals surface area contributed by atoms with Crippen LogP contribution in [0.1, 0.15) is 18.5 Å². The summed E-state index contributed by atoms with van der Waals surface area (Å²) >= 11 is 0. The highest BCUT2D eigenvalue weighted by Crippen LogP contribution is 2.15. The minimum absolute atomic E-state index is 0.753. The molecule has 2 heterocycles. The van der Waals surface area contributed by atoms with Crippen LogP contribution in [0.5, 0.6) is 0 Å². The first kappa shape index (κ1) is 11.8. The minimum Gasteiger partial charge on any atom is -0.337 e. The van der Waals surface area contributed by atoms with E-state index in [1.54, 1.807) is 0 Å². The molecule has 0 amide bonds. The predicted octanol–water partition coefficient (Wildman–Crippen LogP) is 1.99. The first-order valence-electron chi connectivity index (χ1n) is 5.94. The van der Waals surface area contributed by atoms with Gasteiger partial charge in [0.15, 0.2) is 0 Å². The van der Waals surface area contributed by atoms with Gasteiger partial charge in [0.2, 0.25) is 0 Å². The largest absolute Gasteiger partial charge is 0.337 e. The summed E-state index contributed by atoms with van der Waals surface area (Å²) in [6, 6.07) is 4.05. The van der Waals surface area contributed by atoms with E-state index in [1.807, 2.05) is 25.5 Å². The van der Waals surface area contributed by atoms with Gasteiger partial charge in [0.05, 0.1) is 12.0 Å². The molecule has 0 saturated carbocycles. The number of hydrogen-bond donors (Lipinski definition) is 1. The van der Waals surface area contributed by atoms with Crippen molar-refractivity contribution >= 4 is 0 Å². The van der Waals surface area contributed by atoms with Crippen LogP contribution in [0.15, 0.2) is 30.9 Å². The van der Waals surface area contributed by atoms with Crippen LogP contribution in [0.2, 0.25) is 0 Å². The molecule has 0 spiro atoms. The van der Waals surface area contributed by atoms with Crippen LogP contribution in [0.3, 0.4) is 0 Å². The molecule has 2 aromatic rings. The molecule has 0 bridgehead atoms. The van der Waals surface area contributed by atoms with Crippen LogP contribution in [0, 0.1) is 6.92 Å². The summed E-state index contributed by atoms with van der Waals surface area (Å²) in [5.41, 5.74) is 8.53. The fourth-order valence-corrected chi connectivity index (χ4v) is 1.69. The van der Waals surface area contributed by atoms with Gasteiger partial charge < -0.3 is 10.3 Å². The lowest BCUT2D eigenvalue weighted by Crippen LogP contribution is -2.01. The van der Waals surface area contributed by atoms with Gasteiger partial charge in [-0.15, -0.1) is 0 Å². The number of rotatable bonds is 5. The minimum atomic E-state index is 0.753. The number of nitrogens with two attached hydrogens (primary N) is 1. The molecule has 0 fully saturated rings. The van der Waals surface area contributed by atoms with Gasteiger partial charge in [-0.3, -0.25) is 4.98 Å². The maximum Gasteiger partial charge on any atom is 0.0953 e. The van der Waals surface area contributed by atoms with Crippen LogP contribution in [-0.4, -0.2) is 21.1 Å². The van der Waals surface area contributed by atoms with Crippen molar-refractivity contribution in [3.8, 4) is 11.3 Å². The van der Waals surface area contributed by atoms with E-state index >= 15 is 0 Å². The van der Waals surface area contributed by atoms with Crippen molar-refractivity contribution in [2.45, 2.75) is 26.3 Å². The van der Waals surface area contributed by atoms with E-state index in [4.69, 9.17) is 5.73 Å². The number of nitrogens with zero attached hydrogens (tertiary/aromatic N) is 3. The second-order valence-electron chi connectivity index (χ2n) is 4.18. The molecule has 0 aromatic carbocycles. The molecular formula is C13H18N4. The fraction of sp³-hybridized carbons (Fsp3) is 0.385. The van der Waals surface area contributed by atoms with Crippen LogP contribution in [0.25, 0.3) is 11.3 Å². The molecule has 0 aliphatic heterocycles. The monoisotopic (exact) mass is 230 g/mol. The Bertz CT molecular complexity index is 459. The van der Waals surface area contributed by atoms with E-state index in [9.17, 15) is 0 Å². The second kappa shape index (κ2) is 5.59. The molecule has 0 unspecified atom stereocenters. The Labute approximate surface area is 102 Å². The predicted molar refractivity (Wildman–Crippen MR) is 68.5 cm³/mol. The molecule has 90 valence electrons. The summed E-state index contributed by atoms with van der Waals surface area (Å²) in [6.07, 6.45) is 7.94. The van der Waals surface area contributed by atoms with Crippen LogP contribution < -0.4 is 5.73 Å². The maximum atomic E-state index is 5.47. The number of hydrogen-bond acceptors (Lipinski definition) is 3. The van der Waals surface area contributed by atoms with Gasteiger partial charge >= 0.3 is 0 Å². The lowest BCUT2D eigenvalue weighted by atomic mass is 10.2. The van der Waals surface area contributed by atoms with Crippen LogP contribution >= 0.6 is 0 Å². The fourth-order valence-electron chi connectivity index (χ4n) is 1.69. The van der Waals surface area contributed by atoms with Crippen molar-refractivity contribution in [3.63, 3.8) is 0 Å². The van der Waals surface area contributed by atoms with Gasteiger partial charge in [0.1, 0.15) is 0 Å². The van der Waals surface area contributed by atoms with E-state index in [0.717, 1.165) is 42.9 Å². The molecule has 2 N–H and O–H groups in total. The van der Waals surface area contributed by atoms with Gasteiger partial charge in [0.25, 0.3) is 0 Å². The zero-order valence-electron chi connectivity index (χ0n) is 10.1. The molecule has 4 heteroatoms. The summed E-state index contributed by atoms with van der Waals surface area (Å²) < 4.78 is 2.10. The Balaban J connectivity index is 2.04. The Morgan fingerprint density at radius 2 is 2.12 bits per heavy atom. The molecule has 0 radical (unpaired) electrons. The quantitative estimate of drug-likeness (QED) is 0.799. The molecule has 2 rings (SSSR count). The Morgan fingerprint density at radius 1 is 1.24 bits per heavy atom. The van der Waals surface area contributed by atoms with Gasteiger partial charge in [0, 0.05) is 30.2 Å². The smallest absolute Gasteiger partial charge is 0.0953 e. The lowest BCUT2D eigenvalue weighted by Gasteiger charge is -2.00. The van der Waals surface area contributed by atoms with Crippen molar-refractivity contribution in [3.05, 3.63) is 36.5 Å². The third-order valence-electron chi connectivity index (χ3n) is 2.71. The van der Waals surface area contributed by atoms with E-state index in [0.29, 0.717) is 0 Å². The SMILES string of the molecule is Cc1ccc(-c2cn(CCCCN)cn2)cn1. The highest BCUT2D eigenvalue weighted by atomic mass is 15.0. The second-order valence-corrected chi connectivity index (χ2v) is 4.18. The number of imidazole rings is 1. The van der Waals surface area contributed by atoms with Crippen molar-refractivity contribution in [2.75, 3.05) is 6.54 Å². The highest BCUT2D eigenvalue weighted by molar-refractivity contribution is 5.56. The molecule has 0 aliphatic rings. The summed E-state index contributed by atoms with van der Waals surface area (Å²) in [7, 11) is 0. The Kier molecular flexibility index (Phi) is 3.88. The first-order chi connectivity index (χ1) is 8.29. The van der Waals surface area contributed by atoms with Crippen molar-refractivity contribution in [1.29, 1.82) is 0 Å². The average Bonchev–Trinajstić information content (AvgIpc) is 2.79. The molecule has 0 saturated heterocycles. The van der Waals surface area contributed by atoms with E-state index in [2.05, 4.69) is 26.8 Å². The summed E-state index contributed by atoms with van der Waals surface area (Å²) in [6.45, 7) is 3.71. The molecule has 2 aromatic heterocycles. The van der Waals surface area contributed by atoms with E-state index < -0.39 is 0 Å². The van der Waals surface area contributed by atoms with Gasteiger partial charge in [-0.05, 0) is 38.4 Å². The number of aryl methyl sites for hydroxylation is 2. The Morgan fingerprint density at radius 3 is 2.82 bits per heavy atom. The maximum absolute atomic E-state index is 5.47. The molecular weight excluding hydrogens is 212 g/mol. The summed E-state index contributed by atoms with van der Waals surface area (Å²) in [5.74, 6) is 0. The van der Waals surface area contributed by atoms with E-state index in [1.165, 1.54) is 0 Å². The van der Waals surface area contributed by atoms with Crippen LogP contribution in [0.4, 0.5) is 0 Å². The number of unbranched alkanes of at least 4 members (excludes halogenated alkanes) is 1. The zero-order chi connectivity index (χ0) is 12.1. The van der Waals surface area contributed by atoms with Crippen molar-refractivity contribution in [2.24, 2.45) is 5.73 Å². The lowest BCUT2D eigenvalue weighted by molar-refractivity contribution is 0.614. The average molecular weight is 230 g/mol. The number of aromatic nitrogens is 3. The molecule has 0 atom stereocenters. The molecule has 0 aliphatic carbocycles. The third kappa shape index (κ3) is 3.14. The van der Waals surface area contributed by atoms with Gasteiger partial charge in [-0.1, -0.05) is 0 Å². The molecule has 17 heavy (non-hydrogen) atoms. The van der Waals surface area contributed by atoms with Crippen molar-refractivity contribution < 1.29 is 0 Å². The normalized spacial score (nSPS) is 10.7. The van der Waals surface area contributed by atoms with Gasteiger partial charge in [-0.25, -0.2) is 4.98 Å². The van der Waals surface area contributed by atoms with Crippen molar-refractivity contribution in [1.82, 2.24) is 14.5 Å². The summed E-state index contributed by atoms with van der Waals surface area (Å²) in [5, 5.41) is 0. The standard InChI is InChI=1S/C13H18N4/c1-11-4-5-12(8-15-11)13-9-17(10-16-13)7-3-2-6-14/h4-5,8-10H,2-3,6-7,14H2,1H3. The van der Waals surface area contributed by atoms with E-state index in [-0.39, 0.29) is 0 Å².